The summed E-state index contributed by atoms with van der Waals surface area (Å²) in [5.74, 6) is 1.68. The molecular weight excluding hydrogens is 453 g/mol. The van der Waals surface area contributed by atoms with Crippen LogP contribution in [-0.2, 0) is 12.8 Å². The molecule has 0 unspecified atom stereocenters. The van der Waals surface area contributed by atoms with Crippen LogP contribution in [0.4, 0.5) is 0 Å². The minimum Gasteiger partial charge on any atom is -0.497 e. The molecule has 8 heteroatoms. The number of aromatic nitrogens is 1. The molecule has 0 saturated carbocycles. The maximum atomic E-state index is 13.2. The normalized spacial score (nSPS) is 10.5. The number of nitrogens with zero attached hydrogens (tertiary/aromatic N) is 1. The van der Waals surface area contributed by atoms with Crippen LogP contribution >= 0.6 is 23.2 Å². The Morgan fingerprint density at radius 2 is 1.56 bits per heavy atom. The largest absolute Gasteiger partial charge is 0.497 e. The lowest BCUT2D eigenvalue weighted by Gasteiger charge is -2.17. The SMILES string of the molecule is COc1ccc(CCOc2c(C(=O)Cc3c(Cl)cncc3Cl)ccc(OC)c2OC)cc1. The Morgan fingerprint density at radius 3 is 2.16 bits per heavy atom. The number of Topliss-reactive ketones (excluding diaryl/α,β-unsaturated/α-hetero) is 1. The molecule has 32 heavy (non-hydrogen) atoms. The third kappa shape index (κ3) is 5.44. The number of rotatable bonds is 10. The molecule has 0 fully saturated rings. The zero-order valence-corrected chi connectivity index (χ0v) is 19.5. The van der Waals surface area contributed by atoms with Crippen LogP contribution in [-0.4, -0.2) is 38.7 Å². The molecule has 0 aliphatic rings. The van der Waals surface area contributed by atoms with Gasteiger partial charge in [0.25, 0.3) is 0 Å². The highest BCUT2D eigenvalue weighted by Gasteiger charge is 2.23. The average Bonchev–Trinajstić information content (AvgIpc) is 2.81. The van der Waals surface area contributed by atoms with Crippen molar-refractivity contribution < 1.29 is 23.7 Å². The van der Waals surface area contributed by atoms with Gasteiger partial charge >= 0.3 is 0 Å². The van der Waals surface area contributed by atoms with Crippen molar-refractivity contribution in [2.24, 2.45) is 0 Å². The van der Waals surface area contributed by atoms with E-state index in [1.165, 1.54) is 26.6 Å². The number of methoxy groups -OCH3 is 3. The number of ether oxygens (including phenoxy) is 4. The van der Waals surface area contributed by atoms with Crippen LogP contribution in [0.2, 0.25) is 10.0 Å². The third-order valence-electron chi connectivity index (χ3n) is 4.89. The van der Waals surface area contributed by atoms with E-state index in [4.69, 9.17) is 42.1 Å². The van der Waals surface area contributed by atoms with E-state index in [9.17, 15) is 4.79 Å². The molecule has 3 aromatic rings. The Kier molecular flexibility index (Phi) is 8.20. The van der Waals surface area contributed by atoms with E-state index in [2.05, 4.69) is 4.98 Å². The van der Waals surface area contributed by atoms with Gasteiger partial charge in [-0.3, -0.25) is 9.78 Å². The Labute approximate surface area is 197 Å². The van der Waals surface area contributed by atoms with Gasteiger partial charge < -0.3 is 18.9 Å². The summed E-state index contributed by atoms with van der Waals surface area (Å²) in [7, 11) is 4.65. The minimum atomic E-state index is -0.222. The number of hydrogen-bond acceptors (Lipinski definition) is 6. The first kappa shape index (κ1) is 23.7. The van der Waals surface area contributed by atoms with Crippen LogP contribution in [0.5, 0.6) is 23.0 Å². The van der Waals surface area contributed by atoms with Gasteiger partial charge in [-0.25, -0.2) is 0 Å². The van der Waals surface area contributed by atoms with Crippen LogP contribution in [0.1, 0.15) is 21.5 Å². The molecule has 3 rings (SSSR count). The standard InChI is InChI=1S/C24H23Cl2NO5/c1-29-16-6-4-15(5-7-16)10-11-32-23-17(8-9-22(30-2)24(23)31-3)21(28)12-18-19(25)13-27-14-20(18)26/h4-9,13-14H,10-12H2,1-3H3. The van der Waals surface area contributed by atoms with E-state index in [1.807, 2.05) is 24.3 Å². The first-order valence-electron chi connectivity index (χ1n) is 9.80. The van der Waals surface area contributed by atoms with E-state index in [0.717, 1.165) is 11.3 Å². The number of pyridine rings is 1. The predicted octanol–water partition coefficient (Wildman–Crippen LogP) is 5.46. The van der Waals surface area contributed by atoms with Gasteiger partial charge in [-0.05, 0) is 29.8 Å². The Balaban J connectivity index is 1.86. The zero-order valence-electron chi connectivity index (χ0n) is 18.0. The van der Waals surface area contributed by atoms with Crippen molar-refractivity contribution in [2.75, 3.05) is 27.9 Å². The fourth-order valence-corrected chi connectivity index (χ4v) is 3.69. The summed E-state index contributed by atoms with van der Waals surface area (Å²) in [6.45, 7) is 0.326. The van der Waals surface area contributed by atoms with Gasteiger partial charge in [-0.1, -0.05) is 35.3 Å². The summed E-state index contributed by atoms with van der Waals surface area (Å²) >= 11 is 12.4. The summed E-state index contributed by atoms with van der Waals surface area (Å²) < 4.78 is 22.1. The van der Waals surface area contributed by atoms with Crippen LogP contribution in [0, 0.1) is 0 Å². The van der Waals surface area contributed by atoms with Crippen molar-refractivity contribution in [3.63, 3.8) is 0 Å². The van der Waals surface area contributed by atoms with E-state index in [1.54, 1.807) is 19.2 Å². The molecule has 0 aliphatic carbocycles. The van der Waals surface area contributed by atoms with E-state index < -0.39 is 0 Å². The van der Waals surface area contributed by atoms with E-state index in [0.29, 0.717) is 51.4 Å². The van der Waals surface area contributed by atoms with Gasteiger partial charge in [-0.15, -0.1) is 0 Å². The van der Waals surface area contributed by atoms with Crippen LogP contribution in [0.3, 0.4) is 0 Å². The van der Waals surface area contributed by atoms with E-state index in [-0.39, 0.29) is 12.2 Å². The highest BCUT2D eigenvalue weighted by Crippen LogP contribution is 2.41. The second-order valence-corrected chi connectivity index (χ2v) is 7.62. The number of benzene rings is 2. The molecule has 6 nitrogen and oxygen atoms in total. The Morgan fingerprint density at radius 1 is 0.875 bits per heavy atom. The van der Waals surface area contributed by atoms with Gasteiger partial charge in [0, 0.05) is 30.8 Å². The molecule has 0 saturated heterocycles. The van der Waals surface area contributed by atoms with Crippen molar-refractivity contribution in [1.82, 2.24) is 4.98 Å². The number of carbonyl (C=O) groups is 1. The molecule has 0 amide bonds. The first-order chi connectivity index (χ1) is 15.5. The molecule has 0 aliphatic heterocycles. The predicted molar refractivity (Wildman–Crippen MR) is 124 cm³/mol. The number of ketones is 1. The van der Waals surface area contributed by atoms with Crippen molar-refractivity contribution in [1.29, 1.82) is 0 Å². The Hall–Kier alpha value is -2.96. The first-order valence-corrected chi connectivity index (χ1v) is 10.6. The topological polar surface area (TPSA) is 66.9 Å². The van der Waals surface area contributed by atoms with Crippen molar-refractivity contribution in [3.05, 3.63) is 75.5 Å². The monoisotopic (exact) mass is 475 g/mol. The van der Waals surface area contributed by atoms with Crippen molar-refractivity contribution in [2.45, 2.75) is 12.8 Å². The molecule has 2 aromatic carbocycles. The molecule has 0 atom stereocenters. The van der Waals surface area contributed by atoms with Gasteiger partial charge in [0.1, 0.15) is 5.75 Å². The smallest absolute Gasteiger partial charge is 0.204 e. The molecule has 1 aromatic heterocycles. The van der Waals surface area contributed by atoms with E-state index >= 15 is 0 Å². The zero-order chi connectivity index (χ0) is 23.1. The fraction of sp³-hybridized carbons (Fsp3) is 0.250. The molecule has 0 bridgehead atoms. The summed E-state index contributed by atoms with van der Waals surface area (Å²) in [6, 6.07) is 11.0. The third-order valence-corrected chi connectivity index (χ3v) is 5.54. The maximum Gasteiger partial charge on any atom is 0.204 e. The summed E-state index contributed by atoms with van der Waals surface area (Å²) in [5.41, 5.74) is 1.92. The lowest BCUT2D eigenvalue weighted by atomic mass is 10.0. The summed E-state index contributed by atoms with van der Waals surface area (Å²) in [6.07, 6.45) is 3.53. The average molecular weight is 476 g/mol. The molecule has 1 heterocycles. The lowest BCUT2D eigenvalue weighted by molar-refractivity contribution is 0.0988. The van der Waals surface area contributed by atoms with Gasteiger partial charge in [0.2, 0.25) is 5.75 Å². The quantitative estimate of drug-likeness (QED) is 0.362. The number of halogens is 2. The fourth-order valence-electron chi connectivity index (χ4n) is 3.19. The second-order valence-electron chi connectivity index (χ2n) is 6.81. The van der Waals surface area contributed by atoms with Gasteiger partial charge in [0.05, 0.1) is 43.5 Å². The van der Waals surface area contributed by atoms with Crippen LogP contribution in [0.25, 0.3) is 0 Å². The van der Waals surface area contributed by atoms with Gasteiger partial charge in [0.15, 0.2) is 17.3 Å². The molecule has 168 valence electrons. The maximum absolute atomic E-state index is 13.2. The number of carbonyl (C=O) groups excluding carboxylic acids is 1. The van der Waals surface area contributed by atoms with Gasteiger partial charge in [-0.2, -0.15) is 0 Å². The molecular formula is C24H23Cl2NO5. The van der Waals surface area contributed by atoms with Crippen LogP contribution in [0.15, 0.2) is 48.8 Å². The van der Waals surface area contributed by atoms with Crippen molar-refractivity contribution in [3.8, 4) is 23.0 Å². The molecule has 0 spiro atoms. The minimum absolute atomic E-state index is 0.00942. The highest BCUT2D eigenvalue weighted by atomic mass is 35.5. The molecule has 0 radical (unpaired) electrons. The van der Waals surface area contributed by atoms with Crippen molar-refractivity contribution >= 4 is 29.0 Å². The Bertz CT molecular complexity index is 1070. The summed E-state index contributed by atoms with van der Waals surface area (Å²) in [4.78, 5) is 17.1. The lowest BCUT2D eigenvalue weighted by Crippen LogP contribution is -2.11. The molecule has 0 N–H and O–H groups in total. The second kappa shape index (κ2) is 11.1. The summed E-state index contributed by atoms with van der Waals surface area (Å²) in [5, 5.41) is 0.654. The highest BCUT2D eigenvalue weighted by molar-refractivity contribution is 6.36. The number of hydrogen-bond donors (Lipinski definition) is 0. The van der Waals surface area contributed by atoms with Crippen LogP contribution < -0.4 is 18.9 Å².